The van der Waals surface area contributed by atoms with Crippen molar-refractivity contribution in [2.75, 3.05) is 15.5 Å². The van der Waals surface area contributed by atoms with Crippen molar-refractivity contribution in [3.05, 3.63) is 58.9 Å². The van der Waals surface area contributed by atoms with Gasteiger partial charge in [0.15, 0.2) is 0 Å². The van der Waals surface area contributed by atoms with E-state index in [0.717, 1.165) is 39.1 Å². The molecule has 0 radical (unpaired) electrons. The van der Waals surface area contributed by atoms with Crippen LogP contribution in [-0.2, 0) is 0 Å². The summed E-state index contributed by atoms with van der Waals surface area (Å²) in [5.74, 6) is 0.0910. The molecule has 6 heteroatoms. The average molecular weight is 588 g/mol. The van der Waals surface area contributed by atoms with Gasteiger partial charge < -0.3 is 0 Å². The van der Waals surface area contributed by atoms with Crippen LogP contribution >= 0.6 is 0 Å². The molecule has 0 saturated carbocycles. The minimum atomic E-state index is -0.262. The second-order valence-electron chi connectivity index (χ2n) is 6.58. The van der Waals surface area contributed by atoms with Gasteiger partial charge in [0.2, 0.25) is 0 Å². The van der Waals surface area contributed by atoms with Crippen LogP contribution in [0.2, 0.25) is 0 Å². The van der Waals surface area contributed by atoms with Crippen molar-refractivity contribution in [2.24, 2.45) is 0 Å². The Hall–Kier alpha value is -1.16. The molecule has 144 valence electrons. The molecule has 0 amide bonds. The third-order valence-corrected chi connectivity index (χ3v) is 10.9. The SMILES string of the molecule is CCC[I-]N1CN([I-]CCC)C2=C1C(=O)c1cc3ccccc3cc1C2=O. The fourth-order valence-electron chi connectivity index (χ4n) is 3.36. The molecule has 1 heterocycles. The fourth-order valence-corrected chi connectivity index (χ4v) is 8.69. The number of halogens is 2. The molecule has 1 aliphatic carbocycles. The first kappa shape index (κ1) is 19.2. The summed E-state index contributed by atoms with van der Waals surface area (Å²) in [6, 6.07) is 11.8. The van der Waals surface area contributed by atoms with Gasteiger partial charge in [0.1, 0.15) is 0 Å². The molecule has 2 aromatic rings. The summed E-state index contributed by atoms with van der Waals surface area (Å²) in [7, 11) is 0. The molecular weight excluding hydrogens is 566 g/mol. The van der Waals surface area contributed by atoms with Gasteiger partial charge in [-0.1, -0.05) is 0 Å². The van der Waals surface area contributed by atoms with Crippen LogP contribution in [0.5, 0.6) is 0 Å². The third kappa shape index (κ3) is 3.39. The van der Waals surface area contributed by atoms with Crippen LogP contribution in [0.1, 0.15) is 47.4 Å². The number of hydrogen-bond acceptors (Lipinski definition) is 4. The van der Waals surface area contributed by atoms with E-state index in [0.29, 0.717) is 22.5 Å². The summed E-state index contributed by atoms with van der Waals surface area (Å²) in [6.07, 6.45) is 2.25. The average Bonchev–Trinajstić information content (AvgIpc) is 3.06. The fraction of sp³-hybridized carbons (Fsp3) is 0.333. The molecular formula is C21H22I2N2O2-2. The Kier molecular flexibility index (Phi) is 5.73. The quantitative estimate of drug-likeness (QED) is 0.219. The van der Waals surface area contributed by atoms with Crippen molar-refractivity contribution in [3.63, 3.8) is 0 Å². The van der Waals surface area contributed by atoms with Gasteiger partial charge in [0.25, 0.3) is 0 Å². The van der Waals surface area contributed by atoms with Gasteiger partial charge in [0, 0.05) is 0 Å². The van der Waals surface area contributed by atoms with E-state index in [1.807, 2.05) is 36.4 Å². The zero-order valence-corrected chi connectivity index (χ0v) is 19.8. The molecule has 0 atom stereocenters. The first-order chi connectivity index (χ1) is 13.2. The monoisotopic (exact) mass is 588 g/mol. The molecule has 1 aliphatic heterocycles. The van der Waals surface area contributed by atoms with E-state index < -0.39 is 0 Å². The minimum absolute atomic E-state index is 0.0455. The maximum absolute atomic E-state index is 13.4. The Labute approximate surface area is 181 Å². The van der Waals surface area contributed by atoms with E-state index in [4.69, 9.17) is 0 Å². The molecule has 2 aliphatic rings. The molecule has 0 unspecified atom stereocenters. The van der Waals surface area contributed by atoms with Gasteiger partial charge in [0.05, 0.1) is 0 Å². The Balaban J connectivity index is 1.81. The Morgan fingerprint density at radius 2 is 1.26 bits per heavy atom. The Bertz CT molecular complexity index is 880. The first-order valence-corrected chi connectivity index (χ1v) is 14.2. The van der Waals surface area contributed by atoms with Crippen molar-refractivity contribution in [2.45, 2.75) is 26.7 Å². The number of nitrogens with zero attached hydrogens (tertiary/aromatic N) is 2. The molecule has 27 heavy (non-hydrogen) atoms. The van der Waals surface area contributed by atoms with E-state index in [-0.39, 0.29) is 54.5 Å². The summed E-state index contributed by atoms with van der Waals surface area (Å²) in [6.45, 7) is 5.11. The van der Waals surface area contributed by atoms with Crippen LogP contribution in [0, 0.1) is 0 Å². The predicted molar refractivity (Wildman–Crippen MR) is 98.5 cm³/mol. The van der Waals surface area contributed by atoms with Gasteiger partial charge >= 0.3 is 182 Å². The molecule has 0 fully saturated rings. The van der Waals surface area contributed by atoms with E-state index in [9.17, 15) is 9.59 Å². The van der Waals surface area contributed by atoms with Crippen molar-refractivity contribution in [1.29, 1.82) is 0 Å². The molecule has 0 aromatic heterocycles. The molecule has 0 spiro atoms. The Morgan fingerprint density at radius 1 is 0.815 bits per heavy atom. The Morgan fingerprint density at radius 3 is 1.67 bits per heavy atom. The predicted octanol–water partition coefficient (Wildman–Crippen LogP) is -2.17. The number of rotatable bonds is 6. The van der Waals surface area contributed by atoms with Gasteiger partial charge in [-0.05, 0) is 0 Å². The van der Waals surface area contributed by atoms with Gasteiger partial charge in [-0.2, -0.15) is 0 Å². The maximum atomic E-state index is 13.4. The van der Waals surface area contributed by atoms with E-state index in [2.05, 4.69) is 20.1 Å². The standard InChI is InChI=1S/C21H22I2N2O2/c1-3-9-22-24-13-25(23-10-4-2)19-18(24)20(26)16-11-14-7-5-6-8-15(14)12-17(16)21(19)27/h5-8,11-12H,3-4,9-10,13H2,1-2H3/q-2. The molecule has 4 rings (SSSR count). The van der Waals surface area contributed by atoms with Gasteiger partial charge in [-0.15, -0.1) is 0 Å². The molecule has 4 nitrogen and oxygen atoms in total. The summed E-state index contributed by atoms with van der Waals surface area (Å²) in [5, 5.41) is 2.04. The van der Waals surface area contributed by atoms with Crippen molar-refractivity contribution in [1.82, 2.24) is 6.23 Å². The number of benzene rings is 2. The number of Topliss-reactive ketones (excluding diaryl/α,β-unsaturated/α-hetero) is 2. The van der Waals surface area contributed by atoms with Crippen LogP contribution in [0.3, 0.4) is 0 Å². The van der Waals surface area contributed by atoms with Crippen molar-refractivity contribution < 1.29 is 52.5 Å². The number of allylic oxidation sites excluding steroid dienone is 2. The molecule has 0 bridgehead atoms. The number of fused-ring (bicyclic) bond motifs is 2. The normalized spacial score (nSPS) is 16.7. The van der Waals surface area contributed by atoms with Crippen LogP contribution in [-0.4, -0.2) is 33.3 Å². The summed E-state index contributed by atoms with van der Waals surface area (Å²) in [4.78, 5) is 26.9. The summed E-state index contributed by atoms with van der Waals surface area (Å²) in [5.41, 5.74) is 2.55. The van der Waals surface area contributed by atoms with E-state index in [1.54, 1.807) is 0 Å². The second-order valence-corrected chi connectivity index (χ2v) is 12.4. The van der Waals surface area contributed by atoms with E-state index in [1.165, 1.54) is 0 Å². The van der Waals surface area contributed by atoms with Crippen LogP contribution in [0.4, 0.5) is 0 Å². The van der Waals surface area contributed by atoms with Crippen LogP contribution < -0.4 is 43.0 Å². The van der Waals surface area contributed by atoms with Crippen LogP contribution in [0.25, 0.3) is 10.8 Å². The summed E-state index contributed by atoms with van der Waals surface area (Å²) < 4.78 is 6.79. The summed E-state index contributed by atoms with van der Waals surface area (Å²) >= 11 is -0.524. The van der Waals surface area contributed by atoms with Gasteiger partial charge in [-0.3, -0.25) is 0 Å². The van der Waals surface area contributed by atoms with Crippen molar-refractivity contribution >= 4 is 22.3 Å². The number of carbonyl (C=O) groups excluding carboxylic acids is 2. The van der Waals surface area contributed by atoms with Crippen LogP contribution in [0.15, 0.2) is 47.8 Å². The zero-order valence-electron chi connectivity index (χ0n) is 15.5. The zero-order chi connectivity index (χ0) is 19.0. The number of carbonyl (C=O) groups is 2. The second kappa shape index (κ2) is 8.06. The van der Waals surface area contributed by atoms with Crippen molar-refractivity contribution in [3.8, 4) is 0 Å². The first-order valence-electron chi connectivity index (χ1n) is 9.26. The number of hydrogen-bond donors (Lipinski definition) is 0. The topological polar surface area (TPSA) is 40.6 Å². The van der Waals surface area contributed by atoms with E-state index >= 15 is 0 Å². The molecule has 0 N–H and O–H groups in total. The molecule has 2 aromatic carbocycles. The number of ketones is 2. The number of alkyl halides is 2. The third-order valence-electron chi connectivity index (χ3n) is 4.60. The van der Waals surface area contributed by atoms with Gasteiger partial charge in [-0.25, -0.2) is 0 Å². The molecule has 0 saturated heterocycles.